The number of carboxylic acids is 1. The van der Waals surface area contributed by atoms with Crippen LogP contribution in [0.4, 0.5) is 4.39 Å². The number of carboxylic acid groups (broad SMARTS) is 1. The minimum atomic E-state index is -0.923. The lowest BCUT2D eigenvalue weighted by Crippen LogP contribution is -2.48. The van der Waals surface area contributed by atoms with Crippen LogP contribution in [-0.2, 0) is 9.59 Å². The summed E-state index contributed by atoms with van der Waals surface area (Å²) in [5, 5.41) is 11.4. The third-order valence-electron chi connectivity index (χ3n) is 2.94. The average Bonchev–Trinajstić information content (AvgIpc) is 2.38. The van der Waals surface area contributed by atoms with Gasteiger partial charge in [0.2, 0.25) is 0 Å². The van der Waals surface area contributed by atoms with E-state index < -0.39 is 29.3 Å². The van der Waals surface area contributed by atoms with E-state index in [9.17, 15) is 14.0 Å². The van der Waals surface area contributed by atoms with Crippen molar-refractivity contribution < 1.29 is 23.8 Å². The van der Waals surface area contributed by atoms with Crippen LogP contribution in [0, 0.1) is 5.82 Å². The number of amides is 1. The molecule has 0 saturated heterocycles. The zero-order chi connectivity index (χ0) is 16.0. The smallest absolute Gasteiger partial charge is 0.303 e. The SMILES string of the molecule is CC(Oc1ccccc1F)C(=O)NC(C)(C)CCC(=O)O. The standard InChI is InChI=1S/C15H20FNO4/c1-10(21-12-7-5-4-6-11(12)16)14(20)17-15(2,3)9-8-13(18)19/h4-7,10H,8-9H2,1-3H3,(H,17,20)(H,18,19). The number of halogens is 1. The van der Waals surface area contributed by atoms with Crippen molar-refractivity contribution in [1.29, 1.82) is 0 Å². The van der Waals surface area contributed by atoms with Crippen LogP contribution in [0.3, 0.4) is 0 Å². The fraction of sp³-hybridized carbons (Fsp3) is 0.467. The normalized spacial score (nSPS) is 12.6. The molecule has 1 amide bonds. The summed E-state index contributed by atoms with van der Waals surface area (Å²) >= 11 is 0. The van der Waals surface area contributed by atoms with Crippen LogP contribution < -0.4 is 10.1 Å². The monoisotopic (exact) mass is 297 g/mol. The fourth-order valence-corrected chi connectivity index (χ4v) is 1.70. The van der Waals surface area contributed by atoms with E-state index >= 15 is 0 Å². The van der Waals surface area contributed by atoms with Gasteiger partial charge in [0.1, 0.15) is 0 Å². The number of para-hydroxylation sites is 1. The summed E-state index contributed by atoms with van der Waals surface area (Å²) in [5.41, 5.74) is -0.678. The summed E-state index contributed by atoms with van der Waals surface area (Å²) in [6.45, 7) is 4.96. The maximum atomic E-state index is 13.4. The minimum Gasteiger partial charge on any atom is -0.481 e. The summed E-state index contributed by atoms with van der Waals surface area (Å²) in [6, 6.07) is 5.83. The van der Waals surface area contributed by atoms with E-state index in [0.29, 0.717) is 6.42 Å². The second-order valence-electron chi connectivity index (χ2n) is 5.46. The molecular formula is C15H20FNO4. The number of hydrogen-bond acceptors (Lipinski definition) is 3. The molecule has 0 bridgehead atoms. The van der Waals surface area contributed by atoms with Gasteiger partial charge in [-0.05, 0) is 39.3 Å². The van der Waals surface area contributed by atoms with Crippen molar-refractivity contribution in [2.45, 2.75) is 45.3 Å². The van der Waals surface area contributed by atoms with Crippen LogP contribution in [0.25, 0.3) is 0 Å². The predicted octanol–water partition coefficient (Wildman–Crippen LogP) is 2.35. The topological polar surface area (TPSA) is 75.6 Å². The van der Waals surface area contributed by atoms with Gasteiger partial charge in [-0.15, -0.1) is 0 Å². The van der Waals surface area contributed by atoms with E-state index in [4.69, 9.17) is 9.84 Å². The van der Waals surface area contributed by atoms with Crippen molar-refractivity contribution in [3.63, 3.8) is 0 Å². The van der Waals surface area contributed by atoms with Crippen LogP contribution in [0.15, 0.2) is 24.3 Å². The van der Waals surface area contributed by atoms with Crippen molar-refractivity contribution in [3.05, 3.63) is 30.1 Å². The summed E-state index contributed by atoms with van der Waals surface area (Å²) in [5.74, 6) is -1.88. The third-order valence-corrected chi connectivity index (χ3v) is 2.94. The second kappa shape index (κ2) is 7.06. The van der Waals surface area contributed by atoms with E-state index in [1.165, 1.54) is 25.1 Å². The molecule has 1 aromatic rings. The van der Waals surface area contributed by atoms with Gasteiger partial charge in [0, 0.05) is 12.0 Å². The zero-order valence-electron chi connectivity index (χ0n) is 12.4. The molecule has 0 spiro atoms. The van der Waals surface area contributed by atoms with E-state index in [2.05, 4.69) is 5.32 Å². The first-order chi connectivity index (χ1) is 9.71. The van der Waals surface area contributed by atoms with Gasteiger partial charge in [-0.25, -0.2) is 4.39 Å². The highest BCUT2D eigenvalue weighted by Crippen LogP contribution is 2.18. The molecule has 21 heavy (non-hydrogen) atoms. The van der Waals surface area contributed by atoms with Crippen LogP contribution >= 0.6 is 0 Å². The predicted molar refractivity (Wildman–Crippen MR) is 75.6 cm³/mol. The lowest BCUT2D eigenvalue weighted by Gasteiger charge is -2.27. The lowest BCUT2D eigenvalue weighted by atomic mass is 9.98. The Hall–Kier alpha value is -2.11. The molecule has 5 nitrogen and oxygen atoms in total. The Kier molecular flexibility index (Phi) is 5.69. The van der Waals surface area contributed by atoms with Crippen molar-refractivity contribution in [3.8, 4) is 5.75 Å². The van der Waals surface area contributed by atoms with Gasteiger partial charge in [0.15, 0.2) is 17.7 Å². The van der Waals surface area contributed by atoms with Gasteiger partial charge >= 0.3 is 5.97 Å². The molecule has 0 aromatic heterocycles. The first-order valence-electron chi connectivity index (χ1n) is 6.66. The summed E-state index contributed by atoms with van der Waals surface area (Å²) in [4.78, 5) is 22.6. The number of aliphatic carboxylic acids is 1. The molecule has 2 N–H and O–H groups in total. The highest BCUT2D eigenvalue weighted by atomic mass is 19.1. The minimum absolute atomic E-state index is 0.00323. The van der Waals surface area contributed by atoms with Gasteiger partial charge in [-0.2, -0.15) is 0 Å². The van der Waals surface area contributed by atoms with Crippen molar-refractivity contribution in [1.82, 2.24) is 5.32 Å². The Labute approximate surface area is 123 Å². The molecule has 116 valence electrons. The Bertz CT molecular complexity index is 516. The molecule has 0 saturated carbocycles. The molecule has 6 heteroatoms. The molecular weight excluding hydrogens is 277 g/mol. The number of ether oxygens (including phenoxy) is 1. The maximum Gasteiger partial charge on any atom is 0.303 e. The lowest BCUT2D eigenvalue weighted by molar-refractivity contribution is -0.138. The quantitative estimate of drug-likeness (QED) is 0.810. The van der Waals surface area contributed by atoms with Crippen LogP contribution in [0.5, 0.6) is 5.75 Å². The number of hydrogen-bond donors (Lipinski definition) is 2. The highest BCUT2D eigenvalue weighted by molar-refractivity contribution is 5.81. The van der Waals surface area contributed by atoms with Crippen LogP contribution in [0.1, 0.15) is 33.6 Å². The number of benzene rings is 1. The first kappa shape index (κ1) is 16.9. The Morgan fingerprint density at radius 2 is 2.00 bits per heavy atom. The molecule has 0 aliphatic rings. The summed E-state index contributed by atoms with van der Waals surface area (Å²) in [6.07, 6.45) is -0.637. The molecule has 0 fully saturated rings. The third kappa shape index (κ3) is 5.81. The fourth-order valence-electron chi connectivity index (χ4n) is 1.70. The Balaban J connectivity index is 2.58. The molecule has 0 radical (unpaired) electrons. The second-order valence-corrected chi connectivity index (χ2v) is 5.46. The van der Waals surface area contributed by atoms with Crippen molar-refractivity contribution in [2.75, 3.05) is 0 Å². The molecule has 0 heterocycles. The largest absolute Gasteiger partial charge is 0.481 e. The molecule has 1 rings (SSSR count). The number of carbonyl (C=O) groups is 2. The van der Waals surface area contributed by atoms with Gasteiger partial charge in [0.05, 0.1) is 0 Å². The van der Waals surface area contributed by atoms with E-state index in [-0.39, 0.29) is 12.2 Å². The number of carbonyl (C=O) groups excluding carboxylic acids is 1. The highest BCUT2D eigenvalue weighted by Gasteiger charge is 2.25. The molecule has 1 atom stereocenters. The summed E-state index contributed by atoms with van der Waals surface area (Å²) < 4.78 is 18.7. The van der Waals surface area contributed by atoms with Crippen molar-refractivity contribution in [2.24, 2.45) is 0 Å². The van der Waals surface area contributed by atoms with Gasteiger partial charge < -0.3 is 15.2 Å². The van der Waals surface area contributed by atoms with E-state index in [0.717, 1.165) is 0 Å². The summed E-state index contributed by atoms with van der Waals surface area (Å²) in [7, 11) is 0. The van der Waals surface area contributed by atoms with E-state index in [1.54, 1.807) is 19.9 Å². The van der Waals surface area contributed by atoms with E-state index in [1.807, 2.05) is 0 Å². The van der Waals surface area contributed by atoms with Crippen LogP contribution in [0.2, 0.25) is 0 Å². The van der Waals surface area contributed by atoms with Gasteiger partial charge in [-0.3, -0.25) is 9.59 Å². The Morgan fingerprint density at radius 3 is 2.57 bits per heavy atom. The first-order valence-corrected chi connectivity index (χ1v) is 6.66. The zero-order valence-corrected chi connectivity index (χ0v) is 12.4. The van der Waals surface area contributed by atoms with Crippen LogP contribution in [-0.4, -0.2) is 28.6 Å². The number of nitrogens with one attached hydrogen (secondary N) is 1. The average molecular weight is 297 g/mol. The maximum absolute atomic E-state index is 13.4. The molecule has 1 unspecified atom stereocenters. The molecule has 1 aromatic carbocycles. The van der Waals surface area contributed by atoms with Crippen molar-refractivity contribution >= 4 is 11.9 Å². The molecule has 0 aliphatic heterocycles. The Morgan fingerprint density at radius 1 is 1.38 bits per heavy atom. The van der Waals surface area contributed by atoms with Gasteiger partial charge in [-0.1, -0.05) is 12.1 Å². The number of rotatable bonds is 7. The molecule has 0 aliphatic carbocycles. The van der Waals surface area contributed by atoms with Gasteiger partial charge in [0.25, 0.3) is 5.91 Å².